The monoisotopic (exact) mass is 1020 g/mol. The van der Waals surface area contributed by atoms with Gasteiger partial charge in [0.15, 0.2) is 16.6 Å². The van der Waals surface area contributed by atoms with Gasteiger partial charge in [-0.1, -0.05) is 189 Å². The van der Waals surface area contributed by atoms with Crippen molar-refractivity contribution >= 4 is 81.8 Å². The number of benzene rings is 6. The van der Waals surface area contributed by atoms with Crippen LogP contribution in [0.25, 0.3) is 0 Å². The van der Waals surface area contributed by atoms with Gasteiger partial charge in [-0.15, -0.1) is 0 Å². The summed E-state index contributed by atoms with van der Waals surface area (Å²) in [4.78, 5) is 0. The molecule has 13 heteroatoms. The Hall–Kier alpha value is -3.66. The molecule has 0 fully saturated rings. The van der Waals surface area contributed by atoms with Crippen LogP contribution in [0, 0.1) is 0 Å². The largest absolute Gasteiger partial charge is 0.500 e. The van der Waals surface area contributed by atoms with Crippen molar-refractivity contribution in [2.75, 3.05) is 33.0 Å². The van der Waals surface area contributed by atoms with E-state index >= 15 is 0 Å². The highest BCUT2D eigenvalue weighted by atomic mass is 28.5. The zero-order chi connectivity index (χ0) is 49.2. The summed E-state index contributed by atoms with van der Waals surface area (Å²) in [7, 11) is -15.3. The van der Waals surface area contributed by atoms with Gasteiger partial charge in [-0.25, -0.2) is 0 Å². The summed E-state index contributed by atoms with van der Waals surface area (Å²) in [6.07, 6.45) is 0. The van der Waals surface area contributed by atoms with Gasteiger partial charge in [0.05, 0.1) is 0 Å². The van der Waals surface area contributed by atoms with E-state index in [1.165, 1.54) is 31.1 Å². The Morgan fingerprint density at radius 1 is 0.338 bits per heavy atom. The molecule has 0 bridgehead atoms. The van der Waals surface area contributed by atoms with E-state index < -0.39 is 50.6 Å². The third-order valence-electron chi connectivity index (χ3n) is 12.7. The summed E-state index contributed by atoms with van der Waals surface area (Å²) in [5.41, 5.74) is 0. The quantitative estimate of drug-likeness (QED) is 0.0418. The number of hydrogen-bond donors (Lipinski definition) is 0. The standard InChI is InChI=1S/C28H40O4Si3.C27H38O3Si3/c1-6-29-34(30-7-2,31-8-3)25-24-33(4,5)32-35(26-18-12-9-13-19-26,27-20-14-10-15-21-27)28-22-16-11-17-23-28;1-7-28-32(6,29-8-2)24(3)31(4,5)30-33(25-18-12-9-13-19-25,26-20-14-10-15-21-26)27-22-16-11-17-23-27/h9-23H,6-8,24-25H2,1-5H3;9-24H,7-8H2,1-6H3. The van der Waals surface area contributed by atoms with E-state index in [0.29, 0.717) is 33.0 Å². The summed E-state index contributed by atoms with van der Waals surface area (Å²) < 4.78 is 46.3. The Kier molecular flexibility index (Phi) is 21.1. The fourth-order valence-corrected chi connectivity index (χ4v) is 39.1. The molecule has 0 radical (unpaired) electrons. The lowest BCUT2D eigenvalue weighted by Gasteiger charge is -2.46. The second kappa shape index (κ2) is 26.0. The second-order valence-corrected chi connectivity index (χ2v) is 40.9. The Balaban J connectivity index is 0.000000255. The van der Waals surface area contributed by atoms with E-state index in [0.717, 1.165) is 12.1 Å². The van der Waals surface area contributed by atoms with E-state index in [2.05, 4.69) is 235 Å². The summed E-state index contributed by atoms with van der Waals surface area (Å²) in [5.74, 6) is 0. The summed E-state index contributed by atoms with van der Waals surface area (Å²) in [5, 5.41) is 7.85. The molecular formula is C55H78O7Si6. The summed E-state index contributed by atoms with van der Waals surface area (Å²) in [6, 6.07) is 66.5. The van der Waals surface area contributed by atoms with Crippen molar-refractivity contribution in [2.45, 2.75) is 91.5 Å². The first-order chi connectivity index (χ1) is 32.7. The SMILES string of the molecule is CCO[Si](C)(OCC)C(C)[Si](C)(C)O[Si](c1ccccc1)(c1ccccc1)c1ccccc1.CCO[Si](CC[Si](C)(C)O[Si](c1ccccc1)(c1ccccc1)c1ccccc1)(OCC)OCC. The zero-order valence-electron chi connectivity index (χ0n) is 42.7. The fraction of sp³-hybridized carbons (Fsp3) is 0.345. The van der Waals surface area contributed by atoms with Crippen molar-refractivity contribution in [2.24, 2.45) is 0 Å². The van der Waals surface area contributed by atoms with E-state index in [1.807, 2.05) is 20.8 Å². The van der Waals surface area contributed by atoms with Crippen LogP contribution in [0.4, 0.5) is 0 Å². The first-order valence-electron chi connectivity index (χ1n) is 24.6. The van der Waals surface area contributed by atoms with Gasteiger partial charge in [-0.05, 0) is 105 Å². The molecule has 0 aliphatic rings. The van der Waals surface area contributed by atoms with Crippen molar-refractivity contribution in [3.8, 4) is 0 Å². The number of rotatable bonds is 25. The van der Waals surface area contributed by atoms with Crippen molar-refractivity contribution in [3.05, 3.63) is 182 Å². The molecule has 0 aliphatic carbocycles. The maximum absolute atomic E-state index is 7.64. The first-order valence-corrected chi connectivity index (χ1v) is 38.9. The fourth-order valence-electron chi connectivity index (χ4n) is 9.29. The Labute approximate surface area is 416 Å². The van der Waals surface area contributed by atoms with Crippen LogP contribution in [-0.2, 0) is 30.4 Å². The summed E-state index contributed by atoms with van der Waals surface area (Å²) >= 11 is 0. The highest BCUT2D eigenvalue weighted by molar-refractivity contribution is 7.12. The molecule has 6 aromatic carbocycles. The topological polar surface area (TPSA) is 64.6 Å². The molecule has 364 valence electrons. The van der Waals surface area contributed by atoms with E-state index in [1.54, 1.807) is 0 Å². The van der Waals surface area contributed by atoms with Gasteiger partial charge in [-0.2, -0.15) is 0 Å². The smallest absolute Gasteiger partial charge is 0.446 e. The molecule has 6 aromatic rings. The molecule has 6 rings (SSSR count). The van der Waals surface area contributed by atoms with E-state index in [4.69, 9.17) is 30.4 Å². The minimum absolute atomic E-state index is 0.243. The maximum Gasteiger partial charge on any atom is 0.500 e. The van der Waals surface area contributed by atoms with Crippen LogP contribution in [0.1, 0.15) is 41.5 Å². The Bertz CT molecular complexity index is 2100. The van der Waals surface area contributed by atoms with Crippen LogP contribution < -0.4 is 31.1 Å². The minimum atomic E-state index is -2.77. The van der Waals surface area contributed by atoms with Crippen molar-refractivity contribution < 1.29 is 30.4 Å². The van der Waals surface area contributed by atoms with Crippen LogP contribution >= 0.6 is 0 Å². The molecule has 0 heterocycles. The maximum atomic E-state index is 7.64. The predicted octanol–water partition coefficient (Wildman–Crippen LogP) is 9.87. The lowest BCUT2D eigenvalue weighted by molar-refractivity contribution is 0.0723. The molecule has 0 saturated carbocycles. The predicted molar refractivity (Wildman–Crippen MR) is 300 cm³/mol. The highest BCUT2D eigenvalue weighted by Crippen LogP contribution is 2.36. The van der Waals surface area contributed by atoms with Crippen LogP contribution in [0.5, 0.6) is 0 Å². The molecule has 0 N–H and O–H groups in total. The van der Waals surface area contributed by atoms with Gasteiger partial charge < -0.3 is 30.4 Å². The molecule has 0 spiro atoms. The average Bonchev–Trinajstić information content (AvgIpc) is 3.36. The average molecular weight is 1020 g/mol. The van der Waals surface area contributed by atoms with E-state index in [-0.39, 0.29) is 5.16 Å². The first kappa shape index (κ1) is 55.3. The molecule has 1 unspecified atom stereocenters. The van der Waals surface area contributed by atoms with Gasteiger partial charge in [0, 0.05) is 44.2 Å². The van der Waals surface area contributed by atoms with E-state index in [9.17, 15) is 0 Å². The zero-order valence-corrected chi connectivity index (χ0v) is 48.7. The van der Waals surface area contributed by atoms with Crippen LogP contribution in [-0.4, -0.2) is 83.7 Å². The molecule has 0 amide bonds. The molecule has 68 heavy (non-hydrogen) atoms. The van der Waals surface area contributed by atoms with Gasteiger partial charge in [0.25, 0.3) is 16.6 Å². The normalized spacial score (nSPS) is 13.1. The second-order valence-electron chi connectivity index (χ2n) is 18.2. The minimum Gasteiger partial charge on any atom is -0.446 e. The third kappa shape index (κ3) is 13.6. The van der Waals surface area contributed by atoms with Gasteiger partial charge in [0.2, 0.25) is 0 Å². The molecular weight excluding hydrogens is 941 g/mol. The molecule has 1 atom stereocenters. The van der Waals surface area contributed by atoms with Crippen molar-refractivity contribution in [3.63, 3.8) is 0 Å². The molecule has 0 aromatic heterocycles. The number of hydrogen-bond acceptors (Lipinski definition) is 7. The molecule has 7 nitrogen and oxygen atoms in total. The Morgan fingerprint density at radius 2 is 0.588 bits per heavy atom. The van der Waals surface area contributed by atoms with Gasteiger partial charge in [-0.3, -0.25) is 0 Å². The van der Waals surface area contributed by atoms with Crippen molar-refractivity contribution in [1.29, 1.82) is 0 Å². The lowest BCUT2D eigenvalue weighted by atomic mass is 10.3. The van der Waals surface area contributed by atoms with Crippen molar-refractivity contribution in [1.82, 2.24) is 0 Å². The van der Waals surface area contributed by atoms with Crippen LogP contribution in [0.3, 0.4) is 0 Å². The molecule has 0 aliphatic heterocycles. The van der Waals surface area contributed by atoms with Crippen LogP contribution in [0.15, 0.2) is 182 Å². The van der Waals surface area contributed by atoms with Gasteiger partial charge >= 0.3 is 17.4 Å². The summed E-state index contributed by atoms with van der Waals surface area (Å²) in [6.45, 7) is 27.1. The van der Waals surface area contributed by atoms with Crippen LogP contribution in [0.2, 0.25) is 50.0 Å². The Morgan fingerprint density at radius 3 is 0.838 bits per heavy atom. The lowest BCUT2D eigenvalue weighted by Crippen LogP contribution is -2.73. The highest BCUT2D eigenvalue weighted by Gasteiger charge is 2.54. The molecule has 0 saturated heterocycles. The van der Waals surface area contributed by atoms with Gasteiger partial charge in [0.1, 0.15) is 0 Å². The third-order valence-corrected chi connectivity index (χ3v) is 40.4.